The Kier molecular flexibility index (Phi) is 1.69. The Hall–Kier alpha value is -1.95. The molecule has 0 saturated carbocycles. The molecule has 0 aliphatic carbocycles. The van der Waals surface area contributed by atoms with Crippen LogP contribution < -0.4 is 0 Å². The standard InChI is InChI=1S/C8H4ClN5O/c9-7-6-4(1-11-14-6)12-8(13-7)5-2-15-3-10-5/h1-3H,(H,11,14). The lowest BCUT2D eigenvalue weighted by Crippen LogP contribution is -1.90. The average Bonchev–Trinajstić information content (AvgIpc) is 2.88. The van der Waals surface area contributed by atoms with Gasteiger partial charge in [-0.3, -0.25) is 5.10 Å². The Labute approximate surface area is 88.3 Å². The molecule has 0 aliphatic heterocycles. The van der Waals surface area contributed by atoms with Gasteiger partial charge in [0.05, 0.1) is 6.20 Å². The van der Waals surface area contributed by atoms with Crippen LogP contribution in [0.15, 0.2) is 23.3 Å². The van der Waals surface area contributed by atoms with Crippen LogP contribution in [0.3, 0.4) is 0 Å². The third-order valence-electron chi connectivity index (χ3n) is 1.92. The molecule has 0 fully saturated rings. The van der Waals surface area contributed by atoms with E-state index in [1.54, 1.807) is 6.20 Å². The highest BCUT2D eigenvalue weighted by molar-refractivity contribution is 6.33. The summed E-state index contributed by atoms with van der Waals surface area (Å²) in [4.78, 5) is 12.2. The van der Waals surface area contributed by atoms with Gasteiger partial charge in [-0.2, -0.15) is 5.10 Å². The number of fused-ring (bicyclic) bond motifs is 1. The second-order valence-electron chi connectivity index (χ2n) is 2.84. The minimum Gasteiger partial charge on any atom is -0.451 e. The fourth-order valence-electron chi connectivity index (χ4n) is 1.24. The van der Waals surface area contributed by atoms with E-state index in [-0.39, 0.29) is 0 Å². The third-order valence-corrected chi connectivity index (χ3v) is 2.19. The van der Waals surface area contributed by atoms with Crippen LogP contribution in [0.1, 0.15) is 0 Å². The number of nitrogens with zero attached hydrogens (tertiary/aromatic N) is 4. The largest absolute Gasteiger partial charge is 0.451 e. The quantitative estimate of drug-likeness (QED) is 0.632. The molecule has 6 nitrogen and oxygen atoms in total. The molecule has 0 saturated heterocycles. The maximum absolute atomic E-state index is 5.94. The SMILES string of the molecule is Clc1nc(-c2cocn2)nc2cn[nH]c12. The van der Waals surface area contributed by atoms with Crippen LogP contribution in [-0.2, 0) is 0 Å². The van der Waals surface area contributed by atoms with E-state index in [9.17, 15) is 0 Å². The topological polar surface area (TPSA) is 80.5 Å². The fraction of sp³-hybridized carbons (Fsp3) is 0. The Balaban J connectivity index is 2.29. The number of hydrogen-bond donors (Lipinski definition) is 1. The number of rotatable bonds is 1. The smallest absolute Gasteiger partial charge is 0.183 e. The first-order valence-electron chi connectivity index (χ1n) is 4.10. The van der Waals surface area contributed by atoms with Crippen molar-refractivity contribution in [1.82, 2.24) is 25.1 Å². The lowest BCUT2D eigenvalue weighted by atomic mass is 10.4. The van der Waals surface area contributed by atoms with E-state index in [1.165, 1.54) is 12.7 Å². The van der Waals surface area contributed by atoms with Crippen LogP contribution in [0, 0.1) is 0 Å². The van der Waals surface area contributed by atoms with E-state index in [0.717, 1.165) is 0 Å². The van der Waals surface area contributed by atoms with Crippen molar-refractivity contribution in [3.63, 3.8) is 0 Å². The molecule has 0 amide bonds. The molecule has 0 aromatic carbocycles. The van der Waals surface area contributed by atoms with Crippen molar-refractivity contribution >= 4 is 22.6 Å². The molecular weight excluding hydrogens is 218 g/mol. The fourth-order valence-corrected chi connectivity index (χ4v) is 1.46. The molecule has 15 heavy (non-hydrogen) atoms. The van der Waals surface area contributed by atoms with Gasteiger partial charge in [0, 0.05) is 0 Å². The second kappa shape index (κ2) is 3.03. The van der Waals surface area contributed by atoms with Crippen LogP contribution in [0.4, 0.5) is 0 Å². The third kappa shape index (κ3) is 1.26. The highest BCUT2D eigenvalue weighted by Crippen LogP contribution is 2.21. The summed E-state index contributed by atoms with van der Waals surface area (Å²) >= 11 is 5.94. The van der Waals surface area contributed by atoms with Gasteiger partial charge in [-0.15, -0.1) is 0 Å². The van der Waals surface area contributed by atoms with Gasteiger partial charge in [0.25, 0.3) is 0 Å². The first-order valence-corrected chi connectivity index (χ1v) is 4.47. The number of aromatic nitrogens is 5. The Morgan fingerprint density at radius 2 is 2.27 bits per heavy atom. The summed E-state index contributed by atoms with van der Waals surface area (Å²) in [6.45, 7) is 0. The van der Waals surface area contributed by atoms with E-state index < -0.39 is 0 Å². The van der Waals surface area contributed by atoms with E-state index in [2.05, 4.69) is 25.1 Å². The van der Waals surface area contributed by atoms with Gasteiger partial charge in [0.15, 0.2) is 17.4 Å². The molecule has 0 unspecified atom stereocenters. The summed E-state index contributed by atoms with van der Waals surface area (Å²) in [5.74, 6) is 0.419. The lowest BCUT2D eigenvalue weighted by Gasteiger charge is -1.96. The summed E-state index contributed by atoms with van der Waals surface area (Å²) in [6.07, 6.45) is 4.34. The molecule has 0 radical (unpaired) electrons. The van der Waals surface area contributed by atoms with Gasteiger partial charge in [0.1, 0.15) is 23.0 Å². The summed E-state index contributed by atoms with van der Waals surface area (Å²) < 4.78 is 4.84. The Morgan fingerprint density at radius 3 is 3.07 bits per heavy atom. The number of aromatic amines is 1. The highest BCUT2D eigenvalue weighted by Gasteiger charge is 2.10. The maximum atomic E-state index is 5.94. The van der Waals surface area contributed by atoms with Crippen molar-refractivity contribution in [3.8, 4) is 11.5 Å². The molecule has 3 rings (SSSR count). The molecular formula is C8H4ClN5O. The predicted molar refractivity (Wildman–Crippen MR) is 52.2 cm³/mol. The van der Waals surface area contributed by atoms with E-state index in [1.807, 2.05) is 0 Å². The van der Waals surface area contributed by atoms with Crippen molar-refractivity contribution in [1.29, 1.82) is 0 Å². The summed E-state index contributed by atoms with van der Waals surface area (Å²) in [5, 5.41) is 6.85. The molecule has 3 aromatic heterocycles. The first kappa shape index (κ1) is 8.37. The van der Waals surface area contributed by atoms with E-state index >= 15 is 0 Å². The molecule has 7 heteroatoms. The number of H-pyrrole nitrogens is 1. The normalized spacial score (nSPS) is 11.0. The van der Waals surface area contributed by atoms with Crippen molar-refractivity contribution in [2.24, 2.45) is 0 Å². The zero-order valence-electron chi connectivity index (χ0n) is 7.31. The second-order valence-corrected chi connectivity index (χ2v) is 3.20. The van der Waals surface area contributed by atoms with Crippen molar-refractivity contribution in [3.05, 3.63) is 24.0 Å². The van der Waals surface area contributed by atoms with Gasteiger partial charge in [-0.05, 0) is 0 Å². The molecule has 3 aromatic rings. The van der Waals surface area contributed by atoms with Crippen LogP contribution in [0.5, 0.6) is 0 Å². The highest BCUT2D eigenvalue weighted by atomic mass is 35.5. The molecule has 74 valence electrons. The lowest BCUT2D eigenvalue weighted by molar-refractivity contribution is 0.558. The number of halogens is 1. The van der Waals surface area contributed by atoms with Crippen molar-refractivity contribution in [2.45, 2.75) is 0 Å². The monoisotopic (exact) mass is 221 g/mol. The molecule has 0 aliphatic rings. The summed E-state index contributed by atoms with van der Waals surface area (Å²) in [5.41, 5.74) is 1.80. The zero-order valence-corrected chi connectivity index (χ0v) is 8.06. The minimum atomic E-state index is 0.315. The van der Waals surface area contributed by atoms with E-state index in [0.29, 0.717) is 27.7 Å². The van der Waals surface area contributed by atoms with E-state index in [4.69, 9.17) is 16.0 Å². The van der Waals surface area contributed by atoms with Crippen LogP contribution in [0.25, 0.3) is 22.6 Å². The van der Waals surface area contributed by atoms with Crippen molar-refractivity contribution < 1.29 is 4.42 Å². The van der Waals surface area contributed by atoms with Gasteiger partial charge in [-0.1, -0.05) is 11.6 Å². The van der Waals surface area contributed by atoms with Crippen LogP contribution in [-0.4, -0.2) is 25.1 Å². The van der Waals surface area contributed by atoms with Gasteiger partial charge in [0.2, 0.25) is 0 Å². The summed E-state index contributed by atoms with van der Waals surface area (Å²) in [6, 6.07) is 0. The van der Waals surface area contributed by atoms with Crippen LogP contribution >= 0.6 is 11.6 Å². The number of oxazole rings is 1. The van der Waals surface area contributed by atoms with Gasteiger partial charge >= 0.3 is 0 Å². The van der Waals surface area contributed by atoms with Crippen molar-refractivity contribution in [2.75, 3.05) is 0 Å². The molecule has 0 atom stereocenters. The predicted octanol–water partition coefficient (Wildman–Crippen LogP) is 1.66. The first-order chi connectivity index (χ1) is 7.34. The Morgan fingerprint density at radius 1 is 1.33 bits per heavy atom. The number of nitrogens with one attached hydrogen (secondary N) is 1. The minimum absolute atomic E-state index is 0.315. The molecule has 1 N–H and O–H groups in total. The zero-order chi connectivity index (χ0) is 10.3. The molecule has 0 spiro atoms. The van der Waals surface area contributed by atoms with Crippen LogP contribution in [0.2, 0.25) is 5.15 Å². The molecule has 3 heterocycles. The molecule has 0 bridgehead atoms. The Bertz CT molecular complexity index is 603. The summed E-state index contributed by atoms with van der Waals surface area (Å²) in [7, 11) is 0. The van der Waals surface area contributed by atoms with Gasteiger partial charge < -0.3 is 4.42 Å². The van der Waals surface area contributed by atoms with Gasteiger partial charge in [-0.25, -0.2) is 15.0 Å². The maximum Gasteiger partial charge on any atom is 0.183 e. The number of hydrogen-bond acceptors (Lipinski definition) is 5. The average molecular weight is 222 g/mol.